The van der Waals surface area contributed by atoms with E-state index >= 15 is 0 Å². The smallest absolute Gasteiger partial charge is 0.352 e. The molecule has 0 saturated carbocycles. The van der Waals surface area contributed by atoms with Gasteiger partial charge in [0.1, 0.15) is 5.69 Å². The Hall–Kier alpha value is -1.34. The van der Waals surface area contributed by atoms with Gasteiger partial charge in [-0.25, -0.2) is 4.79 Å². The topological polar surface area (TPSA) is 42.2 Å². The summed E-state index contributed by atoms with van der Waals surface area (Å²) in [5, 5.41) is 9.12. The molecule has 2 rings (SSSR count). The number of carboxylic acids is 1. The van der Waals surface area contributed by atoms with Gasteiger partial charge in [-0.1, -0.05) is 23.9 Å². The van der Waals surface area contributed by atoms with Crippen molar-refractivity contribution in [3.63, 3.8) is 0 Å². The fourth-order valence-electron chi connectivity index (χ4n) is 1.65. The third-order valence-corrected chi connectivity index (χ3v) is 3.56. The molecular formula is C12H8BrF2NO2S. The predicted molar refractivity (Wildman–Crippen MR) is 72.3 cm³/mol. The lowest BCUT2D eigenvalue weighted by molar-refractivity contribution is 0.0688. The van der Waals surface area contributed by atoms with Crippen LogP contribution in [0.4, 0.5) is 8.78 Å². The van der Waals surface area contributed by atoms with Gasteiger partial charge in [0.25, 0.3) is 5.76 Å². The number of hydrogen-bond acceptors (Lipinski definition) is 2. The molecule has 2 aromatic rings. The van der Waals surface area contributed by atoms with E-state index in [1.807, 2.05) is 0 Å². The highest BCUT2D eigenvalue weighted by Gasteiger charge is 2.17. The quantitative estimate of drug-likeness (QED) is 0.840. The molecule has 1 heterocycles. The van der Waals surface area contributed by atoms with Crippen molar-refractivity contribution in [1.29, 1.82) is 0 Å². The van der Waals surface area contributed by atoms with Crippen LogP contribution < -0.4 is 0 Å². The first-order chi connectivity index (χ1) is 8.99. The summed E-state index contributed by atoms with van der Waals surface area (Å²) in [4.78, 5) is 11.5. The summed E-state index contributed by atoms with van der Waals surface area (Å²) >= 11 is 3.57. The zero-order valence-corrected chi connectivity index (χ0v) is 11.8. The van der Waals surface area contributed by atoms with Crippen LogP contribution in [-0.2, 0) is 0 Å². The number of nitrogens with zero attached hydrogens (tertiary/aromatic N) is 1. The Morgan fingerprint density at radius 3 is 2.68 bits per heavy atom. The molecule has 1 N–H and O–H groups in total. The van der Waals surface area contributed by atoms with Gasteiger partial charge < -0.3 is 9.67 Å². The summed E-state index contributed by atoms with van der Waals surface area (Å²) in [5.41, 5.74) is 0.421. The lowest BCUT2D eigenvalue weighted by Gasteiger charge is -2.11. The minimum absolute atomic E-state index is 0.00851. The Balaban J connectivity index is 2.55. The molecule has 0 atom stereocenters. The number of halogens is 3. The van der Waals surface area contributed by atoms with Gasteiger partial charge in [-0.05, 0) is 34.1 Å². The molecule has 0 radical (unpaired) electrons. The minimum Gasteiger partial charge on any atom is -0.477 e. The molecule has 100 valence electrons. The third kappa shape index (κ3) is 3.16. The molecule has 0 amide bonds. The van der Waals surface area contributed by atoms with Crippen LogP contribution in [0.3, 0.4) is 0 Å². The van der Waals surface area contributed by atoms with E-state index in [2.05, 4.69) is 15.9 Å². The third-order valence-electron chi connectivity index (χ3n) is 2.35. The van der Waals surface area contributed by atoms with Gasteiger partial charge in [0.15, 0.2) is 0 Å². The van der Waals surface area contributed by atoms with Crippen LogP contribution in [0.25, 0.3) is 5.69 Å². The number of benzene rings is 1. The monoisotopic (exact) mass is 347 g/mol. The van der Waals surface area contributed by atoms with Crippen molar-refractivity contribution in [2.24, 2.45) is 0 Å². The van der Waals surface area contributed by atoms with Gasteiger partial charge in [0.05, 0.1) is 5.69 Å². The Morgan fingerprint density at radius 2 is 2.05 bits per heavy atom. The summed E-state index contributed by atoms with van der Waals surface area (Å²) < 4.78 is 27.0. The van der Waals surface area contributed by atoms with Crippen molar-refractivity contribution >= 4 is 33.7 Å². The van der Waals surface area contributed by atoms with Crippen molar-refractivity contribution in [1.82, 2.24) is 4.57 Å². The molecule has 0 aliphatic heterocycles. The maximum absolute atomic E-state index is 12.5. The SMILES string of the molecule is O=C(O)c1cc(Br)cn1-c1ccccc1SC(F)F. The average Bonchev–Trinajstić information content (AvgIpc) is 2.71. The number of rotatable bonds is 4. The van der Waals surface area contributed by atoms with E-state index in [1.165, 1.54) is 22.9 Å². The maximum Gasteiger partial charge on any atom is 0.352 e. The number of hydrogen-bond donors (Lipinski definition) is 1. The number of carboxylic acid groups (broad SMARTS) is 1. The van der Waals surface area contributed by atoms with E-state index in [9.17, 15) is 13.6 Å². The minimum atomic E-state index is -2.56. The number of alkyl halides is 2. The Bertz CT molecular complexity index is 616. The number of carbonyl (C=O) groups is 1. The summed E-state index contributed by atoms with van der Waals surface area (Å²) in [6.07, 6.45) is 1.54. The molecule has 1 aromatic heterocycles. The molecule has 7 heteroatoms. The van der Waals surface area contributed by atoms with Crippen LogP contribution in [-0.4, -0.2) is 21.4 Å². The van der Waals surface area contributed by atoms with Crippen LogP contribution in [0.1, 0.15) is 10.5 Å². The van der Waals surface area contributed by atoms with Crippen LogP contribution in [0.5, 0.6) is 0 Å². The summed E-state index contributed by atoms with van der Waals surface area (Å²) in [6.45, 7) is 0. The van der Waals surface area contributed by atoms with E-state index in [0.29, 0.717) is 26.8 Å². The van der Waals surface area contributed by atoms with Gasteiger partial charge in [-0.3, -0.25) is 0 Å². The Morgan fingerprint density at radius 1 is 1.37 bits per heavy atom. The second-order valence-electron chi connectivity index (χ2n) is 3.56. The van der Waals surface area contributed by atoms with E-state index < -0.39 is 11.7 Å². The van der Waals surface area contributed by atoms with Crippen LogP contribution in [0.15, 0.2) is 45.9 Å². The molecule has 0 saturated heterocycles. The Labute approximate surface area is 120 Å². The zero-order valence-electron chi connectivity index (χ0n) is 9.39. The van der Waals surface area contributed by atoms with Gasteiger partial charge in [-0.2, -0.15) is 8.78 Å². The van der Waals surface area contributed by atoms with E-state index in [4.69, 9.17) is 5.11 Å². The molecule has 0 aliphatic rings. The Kier molecular flexibility index (Phi) is 4.26. The van der Waals surface area contributed by atoms with Crippen molar-refractivity contribution in [2.75, 3.05) is 0 Å². The molecule has 0 bridgehead atoms. The normalized spacial score (nSPS) is 10.9. The van der Waals surface area contributed by atoms with Gasteiger partial charge in [-0.15, -0.1) is 0 Å². The first kappa shape index (κ1) is 14.1. The molecule has 0 fully saturated rings. The lowest BCUT2D eigenvalue weighted by Crippen LogP contribution is -2.06. The summed E-state index contributed by atoms with van der Waals surface area (Å²) in [6, 6.07) is 7.86. The van der Waals surface area contributed by atoms with Crippen molar-refractivity contribution in [2.45, 2.75) is 10.7 Å². The van der Waals surface area contributed by atoms with Crippen LogP contribution in [0, 0.1) is 0 Å². The van der Waals surface area contributed by atoms with Crippen molar-refractivity contribution in [3.05, 3.63) is 46.7 Å². The lowest BCUT2D eigenvalue weighted by atomic mass is 10.3. The number of aromatic nitrogens is 1. The molecular weight excluding hydrogens is 340 g/mol. The maximum atomic E-state index is 12.5. The largest absolute Gasteiger partial charge is 0.477 e. The number of aromatic carboxylic acids is 1. The van der Waals surface area contributed by atoms with Crippen molar-refractivity contribution < 1.29 is 18.7 Å². The second kappa shape index (κ2) is 5.75. The average molecular weight is 348 g/mol. The molecule has 0 unspecified atom stereocenters. The first-order valence-electron chi connectivity index (χ1n) is 5.14. The zero-order chi connectivity index (χ0) is 14.0. The summed E-state index contributed by atoms with van der Waals surface area (Å²) in [5.74, 6) is -3.68. The second-order valence-corrected chi connectivity index (χ2v) is 5.51. The molecule has 19 heavy (non-hydrogen) atoms. The summed E-state index contributed by atoms with van der Waals surface area (Å²) in [7, 11) is 0. The standard InChI is InChI=1S/C12H8BrF2NO2S/c13-7-5-9(11(17)18)16(6-7)8-3-1-2-4-10(8)19-12(14)15/h1-6,12H,(H,17,18). The number of thioether (sulfide) groups is 1. The fraction of sp³-hybridized carbons (Fsp3) is 0.0833. The van der Waals surface area contributed by atoms with Gasteiger partial charge >= 0.3 is 5.97 Å². The van der Waals surface area contributed by atoms with Crippen LogP contribution >= 0.6 is 27.7 Å². The molecule has 0 aliphatic carbocycles. The van der Waals surface area contributed by atoms with Gasteiger partial charge in [0, 0.05) is 15.6 Å². The van der Waals surface area contributed by atoms with E-state index in [1.54, 1.807) is 18.2 Å². The number of para-hydroxylation sites is 1. The molecule has 1 aromatic carbocycles. The highest BCUT2D eigenvalue weighted by atomic mass is 79.9. The van der Waals surface area contributed by atoms with Crippen molar-refractivity contribution in [3.8, 4) is 5.69 Å². The van der Waals surface area contributed by atoms with Gasteiger partial charge in [0.2, 0.25) is 0 Å². The first-order valence-corrected chi connectivity index (χ1v) is 6.81. The molecule has 3 nitrogen and oxygen atoms in total. The fourth-order valence-corrected chi connectivity index (χ4v) is 2.70. The predicted octanol–water partition coefficient (Wildman–Crippen LogP) is 4.25. The van der Waals surface area contributed by atoms with E-state index in [-0.39, 0.29) is 5.69 Å². The highest BCUT2D eigenvalue weighted by molar-refractivity contribution is 9.10. The van der Waals surface area contributed by atoms with Crippen LogP contribution in [0.2, 0.25) is 0 Å². The highest BCUT2D eigenvalue weighted by Crippen LogP contribution is 2.32. The molecule has 0 spiro atoms. The van der Waals surface area contributed by atoms with E-state index in [0.717, 1.165) is 0 Å².